The number of carbonyl (C=O) groups excluding carboxylic acids is 1. The maximum Gasteiger partial charge on any atom is 0.335 e. The van der Waals surface area contributed by atoms with Gasteiger partial charge in [0, 0.05) is 28.6 Å². The van der Waals surface area contributed by atoms with Gasteiger partial charge in [0.05, 0.1) is 5.56 Å². The van der Waals surface area contributed by atoms with Gasteiger partial charge in [0.1, 0.15) is 0 Å². The molecule has 4 heteroatoms. The van der Waals surface area contributed by atoms with Gasteiger partial charge in [-0.15, -0.1) is 0 Å². The molecule has 1 heterocycles. The van der Waals surface area contributed by atoms with Crippen molar-refractivity contribution in [3.05, 3.63) is 35.0 Å². The quantitative estimate of drug-likeness (QED) is 0.786. The molecule has 0 saturated heterocycles. The standard InChI is InChI=1S/C16H19NO3/c1-3-5-12-15(14(18)6-4-2)11-8-7-10(16(19)20)9-13(11)17-12/h7-9,17H,3-6H2,1-2H3,(H,19,20). The molecule has 0 atom stereocenters. The molecule has 2 aromatic rings. The van der Waals surface area contributed by atoms with Gasteiger partial charge in [0.25, 0.3) is 0 Å². The number of aromatic amines is 1. The number of hydrogen-bond acceptors (Lipinski definition) is 2. The van der Waals surface area contributed by atoms with Crippen LogP contribution in [0, 0.1) is 0 Å². The van der Waals surface area contributed by atoms with Crippen molar-refractivity contribution in [2.24, 2.45) is 0 Å². The van der Waals surface area contributed by atoms with Crippen molar-refractivity contribution in [2.75, 3.05) is 0 Å². The summed E-state index contributed by atoms with van der Waals surface area (Å²) in [6.07, 6.45) is 3.06. The van der Waals surface area contributed by atoms with Gasteiger partial charge in [0.2, 0.25) is 0 Å². The predicted molar refractivity (Wildman–Crippen MR) is 78.5 cm³/mol. The van der Waals surface area contributed by atoms with Crippen LogP contribution in [0.5, 0.6) is 0 Å². The van der Waals surface area contributed by atoms with E-state index in [4.69, 9.17) is 5.11 Å². The average Bonchev–Trinajstić information content (AvgIpc) is 2.76. The van der Waals surface area contributed by atoms with E-state index in [1.54, 1.807) is 18.2 Å². The molecule has 0 aliphatic heterocycles. The highest BCUT2D eigenvalue weighted by Gasteiger charge is 2.18. The highest BCUT2D eigenvalue weighted by molar-refractivity contribution is 6.10. The van der Waals surface area contributed by atoms with Gasteiger partial charge in [0.15, 0.2) is 5.78 Å². The predicted octanol–water partition coefficient (Wildman–Crippen LogP) is 3.80. The fraction of sp³-hybridized carbons (Fsp3) is 0.375. The molecular formula is C16H19NO3. The van der Waals surface area contributed by atoms with E-state index in [9.17, 15) is 9.59 Å². The van der Waals surface area contributed by atoms with Crippen LogP contribution in [-0.4, -0.2) is 21.8 Å². The highest BCUT2D eigenvalue weighted by atomic mass is 16.4. The molecule has 106 valence electrons. The second-order valence-corrected chi connectivity index (χ2v) is 4.97. The Morgan fingerprint density at radius 1 is 1.20 bits per heavy atom. The van der Waals surface area contributed by atoms with E-state index in [0.29, 0.717) is 6.42 Å². The summed E-state index contributed by atoms with van der Waals surface area (Å²) in [5.41, 5.74) is 2.62. The maximum atomic E-state index is 12.3. The molecule has 1 aromatic heterocycles. The molecule has 0 spiro atoms. The summed E-state index contributed by atoms with van der Waals surface area (Å²) >= 11 is 0. The first-order chi connectivity index (χ1) is 9.58. The van der Waals surface area contributed by atoms with Crippen LogP contribution >= 0.6 is 0 Å². The molecule has 0 aliphatic carbocycles. The molecule has 2 N–H and O–H groups in total. The molecule has 0 bridgehead atoms. The summed E-state index contributed by atoms with van der Waals surface area (Å²) in [5, 5.41) is 9.87. The summed E-state index contributed by atoms with van der Waals surface area (Å²) in [7, 11) is 0. The first-order valence-electron chi connectivity index (χ1n) is 6.99. The average molecular weight is 273 g/mol. The number of aromatic nitrogens is 1. The molecule has 0 unspecified atom stereocenters. The Bertz CT molecular complexity index is 655. The van der Waals surface area contributed by atoms with Crippen LogP contribution in [0.3, 0.4) is 0 Å². The van der Waals surface area contributed by atoms with Crippen molar-refractivity contribution >= 4 is 22.7 Å². The maximum absolute atomic E-state index is 12.3. The first-order valence-corrected chi connectivity index (χ1v) is 6.99. The van der Waals surface area contributed by atoms with Gasteiger partial charge >= 0.3 is 5.97 Å². The summed E-state index contributed by atoms with van der Waals surface area (Å²) in [6.45, 7) is 4.04. The number of carbonyl (C=O) groups is 2. The fourth-order valence-electron chi connectivity index (χ4n) is 2.49. The third kappa shape index (κ3) is 2.59. The van der Waals surface area contributed by atoms with Crippen molar-refractivity contribution in [2.45, 2.75) is 39.5 Å². The second-order valence-electron chi connectivity index (χ2n) is 4.97. The third-order valence-corrected chi connectivity index (χ3v) is 3.38. The van der Waals surface area contributed by atoms with Crippen molar-refractivity contribution in [1.29, 1.82) is 0 Å². The number of ketones is 1. The monoisotopic (exact) mass is 273 g/mol. The van der Waals surface area contributed by atoms with E-state index >= 15 is 0 Å². The molecule has 0 fully saturated rings. The first kappa shape index (κ1) is 14.3. The fourth-order valence-corrected chi connectivity index (χ4v) is 2.49. The van der Waals surface area contributed by atoms with Crippen LogP contribution < -0.4 is 0 Å². The van der Waals surface area contributed by atoms with E-state index < -0.39 is 5.97 Å². The lowest BCUT2D eigenvalue weighted by molar-refractivity contribution is 0.0697. The number of carboxylic acid groups (broad SMARTS) is 1. The number of aromatic carboxylic acids is 1. The topological polar surface area (TPSA) is 70.2 Å². The molecule has 20 heavy (non-hydrogen) atoms. The van der Waals surface area contributed by atoms with Crippen LogP contribution in [0.25, 0.3) is 10.9 Å². The van der Waals surface area contributed by atoms with Gasteiger partial charge < -0.3 is 10.1 Å². The lowest BCUT2D eigenvalue weighted by atomic mass is 10.0. The highest BCUT2D eigenvalue weighted by Crippen LogP contribution is 2.26. The molecule has 1 aromatic carbocycles. The number of nitrogens with one attached hydrogen (secondary N) is 1. The summed E-state index contributed by atoms with van der Waals surface area (Å²) in [6, 6.07) is 4.88. The Morgan fingerprint density at radius 3 is 2.55 bits per heavy atom. The van der Waals surface area contributed by atoms with Crippen LogP contribution in [0.15, 0.2) is 18.2 Å². The molecular weight excluding hydrogens is 254 g/mol. The number of aryl methyl sites for hydroxylation is 1. The van der Waals surface area contributed by atoms with Crippen molar-refractivity contribution < 1.29 is 14.7 Å². The Balaban J connectivity index is 2.60. The second kappa shape index (κ2) is 5.90. The van der Waals surface area contributed by atoms with Gasteiger partial charge in [-0.3, -0.25) is 4.79 Å². The normalized spacial score (nSPS) is 10.9. The van der Waals surface area contributed by atoms with Gasteiger partial charge in [-0.2, -0.15) is 0 Å². The van der Waals surface area contributed by atoms with E-state index in [0.717, 1.165) is 41.4 Å². The van der Waals surface area contributed by atoms with Crippen LogP contribution in [0.2, 0.25) is 0 Å². The molecule has 0 radical (unpaired) electrons. The summed E-state index contributed by atoms with van der Waals surface area (Å²) in [5.74, 6) is -0.828. The van der Waals surface area contributed by atoms with Gasteiger partial charge in [-0.1, -0.05) is 26.3 Å². The van der Waals surface area contributed by atoms with E-state index in [1.165, 1.54) is 0 Å². The minimum Gasteiger partial charge on any atom is -0.478 e. The van der Waals surface area contributed by atoms with Gasteiger partial charge in [-0.25, -0.2) is 4.79 Å². The largest absolute Gasteiger partial charge is 0.478 e. The van der Waals surface area contributed by atoms with Crippen LogP contribution in [-0.2, 0) is 6.42 Å². The Morgan fingerprint density at radius 2 is 1.95 bits per heavy atom. The Hall–Kier alpha value is -2.10. The number of fused-ring (bicyclic) bond motifs is 1. The lowest BCUT2D eigenvalue weighted by Gasteiger charge is -2.02. The summed E-state index contributed by atoms with van der Waals surface area (Å²) < 4.78 is 0. The number of hydrogen-bond donors (Lipinski definition) is 2. The van der Waals surface area contributed by atoms with Crippen LogP contribution in [0.4, 0.5) is 0 Å². The number of rotatable bonds is 6. The summed E-state index contributed by atoms with van der Waals surface area (Å²) in [4.78, 5) is 26.5. The van der Waals surface area contributed by atoms with Crippen molar-refractivity contribution in [3.8, 4) is 0 Å². The molecule has 0 aliphatic rings. The minimum absolute atomic E-state index is 0.130. The number of benzene rings is 1. The lowest BCUT2D eigenvalue weighted by Crippen LogP contribution is -2.02. The van der Waals surface area contributed by atoms with Crippen molar-refractivity contribution in [1.82, 2.24) is 4.98 Å². The SMILES string of the molecule is CCCC(=O)c1c(CCC)[nH]c2cc(C(=O)O)ccc12. The third-order valence-electron chi connectivity index (χ3n) is 3.38. The zero-order valence-electron chi connectivity index (χ0n) is 11.8. The molecule has 2 rings (SSSR count). The van der Waals surface area contributed by atoms with E-state index in [-0.39, 0.29) is 11.3 Å². The smallest absolute Gasteiger partial charge is 0.335 e. The Kier molecular flexibility index (Phi) is 4.23. The van der Waals surface area contributed by atoms with Crippen molar-refractivity contribution in [3.63, 3.8) is 0 Å². The van der Waals surface area contributed by atoms with E-state index in [1.807, 2.05) is 6.92 Å². The van der Waals surface area contributed by atoms with E-state index in [2.05, 4.69) is 11.9 Å². The Labute approximate surface area is 117 Å². The number of H-pyrrole nitrogens is 1. The van der Waals surface area contributed by atoms with Gasteiger partial charge in [-0.05, 0) is 25.0 Å². The molecule has 0 saturated carbocycles. The molecule has 4 nitrogen and oxygen atoms in total. The number of Topliss-reactive ketones (excluding diaryl/α,β-unsaturated/α-hetero) is 1. The number of carboxylic acids is 1. The molecule has 0 amide bonds. The minimum atomic E-state index is -0.958. The zero-order chi connectivity index (χ0) is 14.7. The zero-order valence-corrected chi connectivity index (χ0v) is 11.8. The van der Waals surface area contributed by atoms with Crippen LogP contribution in [0.1, 0.15) is 59.5 Å².